The van der Waals surface area contributed by atoms with Gasteiger partial charge in [0.2, 0.25) is 0 Å². The number of amides is 1. The minimum atomic E-state index is -0.278. The molecule has 0 saturated heterocycles. The first-order valence-electron chi connectivity index (χ1n) is 8.67. The van der Waals surface area contributed by atoms with Crippen LogP contribution in [0.3, 0.4) is 0 Å². The van der Waals surface area contributed by atoms with Crippen molar-refractivity contribution < 1.29 is 14.3 Å². The minimum Gasteiger partial charge on any atom is -0.496 e. The van der Waals surface area contributed by atoms with Gasteiger partial charge in [0.25, 0.3) is 5.91 Å². The van der Waals surface area contributed by atoms with E-state index in [1.165, 1.54) is 7.11 Å². The third kappa shape index (κ3) is 5.64. The van der Waals surface area contributed by atoms with Crippen LogP contribution in [0.15, 0.2) is 42.5 Å². The quantitative estimate of drug-likeness (QED) is 0.708. The average molecular weight is 377 g/mol. The van der Waals surface area contributed by atoms with E-state index >= 15 is 0 Å². The number of anilines is 1. The first-order valence-corrected chi connectivity index (χ1v) is 9.05. The van der Waals surface area contributed by atoms with Gasteiger partial charge in [-0.25, -0.2) is 0 Å². The van der Waals surface area contributed by atoms with Crippen LogP contribution in [0.5, 0.6) is 11.5 Å². The van der Waals surface area contributed by atoms with Crippen molar-refractivity contribution in [3.05, 3.63) is 53.1 Å². The van der Waals surface area contributed by atoms with Gasteiger partial charge >= 0.3 is 0 Å². The highest BCUT2D eigenvalue weighted by Gasteiger charge is 2.13. The summed E-state index contributed by atoms with van der Waals surface area (Å²) < 4.78 is 11.0. The van der Waals surface area contributed by atoms with E-state index in [9.17, 15) is 4.79 Å². The number of methoxy groups -OCH3 is 1. The Hall–Kier alpha value is -2.24. The summed E-state index contributed by atoms with van der Waals surface area (Å²) in [5.74, 6) is 0.971. The Balaban J connectivity index is 1.94. The van der Waals surface area contributed by atoms with Crippen molar-refractivity contribution in [1.29, 1.82) is 0 Å². The van der Waals surface area contributed by atoms with E-state index in [2.05, 4.69) is 24.1 Å². The van der Waals surface area contributed by atoms with Gasteiger partial charge in [0.1, 0.15) is 18.1 Å². The summed E-state index contributed by atoms with van der Waals surface area (Å²) in [4.78, 5) is 14.8. The number of carbonyl (C=O) groups is 1. The summed E-state index contributed by atoms with van der Waals surface area (Å²) in [6.07, 6.45) is 0. The van der Waals surface area contributed by atoms with Crippen LogP contribution in [0.25, 0.3) is 0 Å². The lowest BCUT2D eigenvalue weighted by Gasteiger charge is -2.18. The van der Waals surface area contributed by atoms with Gasteiger partial charge in [-0.3, -0.25) is 4.79 Å². The second-order valence-corrected chi connectivity index (χ2v) is 6.13. The second-order valence-electron chi connectivity index (χ2n) is 5.70. The number of carbonyl (C=O) groups excluding carboxylic acids is 1. The topological polar surface area (TPSA) is 50.8 Å². The molecule has 5 nitrogen and oxygen atoms in total. The third-order valence-corrected chi connectivity index (χ3v) is 4.32. The van der Waals surface area contributed by atoms with Crippen LogP contribution in [0, 0.1) is 0 Å². The van der Waals surface area contributed by atoms with Gasteiger partial charge in [-0.15, -0.1) is 0 Å². The number of rotatable bonds is 9. The highest BCUT2D eigenvalue weighted by Crippen LogP contribution is 2.24. The predicted molar refractivity (Wildman–Crippen MR) is 106 cm³/mol. The molecule has 0 saturated carbocycles. The van der Waals surface area contributed by atoms with E-state index < -0.39 is 0 Å². The van der Waals surface area contributed by atoms with Gasteiger partial charge in [-0.1, -0.05) is 25.4 Å². The van der Waals surface area contributed by atoms with Crippen LogP contribution in [-0.2, 0) is 0 Å². The summed E-state index contributed by atoms with van der Waals surface area (Å²) in [5, 5.41) is 3.32. The number of halogens is 1. The molecule has 1 amide bonds. The van der Waals surface area contributed by atoms with Crippen molar-refractivity contribution >= 4 is 23.2 Å². The zero-order valence-corrected chi connectivity index (χ0v) is 16.2. The molecular weight excluding hydrogens is 352 g/mol. The van der Waals surface area contributed by atoms with Crippen LogP contribution in [0.2, 0.25) is 5.02 Å². The first-order chi connectivity index (χ1) is 12.6. The number of likely N-dealkylation sites (N-methyl/N-ethyl adjacent to an activating group) is 1. The molecule has 0 spiro atoms. The molecular formula is C20H25ClN2O3. The summed E-state index contributed by atoms with van der Waals surface area (Å²) in [6, 6.07) is 12.2. The molecule has 0 radical (unpaired) electrons. The molecule has 0 fully saturated rings. The number of benzene rings is 2. The largest absolute Gasteiger partial charge is 0.496 e. The summed E-state index contributed by atoms with van der Waals surface area (Å²) in [6.45, 7) is 7.81. The number of hydrogen-bond donors (Lipinski definition) is 1. The van der Waals surface area contributed by atoms with Crippen molar-refractivity contribution in [3.8, 4) is 11.5 Å². The average Bonchev–Trinajstić information content (AvgIpc) is 2.66. The van der Waals surface area contributed by atoms with Gasteiger partial charge < -0.3 is 19.7 Å². The predicted octanol–water partition coefficient (Wildman–Crippen LogP) is 4.32. The summed E-state index contributed by atoms with van der Waals surface area (Å²) in [7, 11) is 1.52. The zero-order valence-electron chi connectivity index (χ0n) is 15.4. The van der Waals surface area contributed by atoms with E-state index in [1.807, 2.05) is 24.3 Å². The van der Waals surface area contributed by atoms with Crippen molar-refractivity contribution in [2.45, 2.75) is 13.8 Å². The zero-order chi connectivity index (χ0) is 18.9. The van der Waals surface area contributed by atoms with Crippen molar-refractivity contribution in [2.24, 2.45) is 0 Å². The minimum absolute atomic E-state index is 0.278. The summed E-state index contributed by atoms with van der Waals surface area (Å²) in [5.41, 5.74) is 1.06. The fourth-order valence-corrected chi connectivity index (χ4v) is 2.70. The molecule has 0 unspecified atom stereocenters. The molecule has 26 heavy (non-hydrogen) atoms. The Morgan fingerprint density at radius 2 is 1.81 bits per heavy atom. The SMILES string of the molecule is CCN(CC)CCOc1ccc(NC(=O)c2cc(Cl)ccc2OC)cc1. The number of nitrogens with one attached hydrogen (secondary N) is 1. The van der Waals surface area contributed by atoms with Crippen LogP contribution in [-0.4, -0.2) is 44.2 Å². The highest BCUT2D eigenvalue weighted by molar-refractivity contribution is 6.31. The molecule has 0 aliphatic heterocycles. The third-order valence-electron chi connectivity index (χ3n) is 4.09. The van der Waals surface area contributed by atoms with Gasteiger partial charge in [-0.05, 0) is 55.6 Å². The maximum absolute atomic E-state index is 12.5. The van der Waals surface area contributed by atoms with E-state index in [1.54, 1.807) is 18.2 Å². The van der Waals surface area contributed by atoms with E-state index in [0.717, 1.165) is 25.4 Å². The lowest BCUT2D eigenvalue weighted by Crippen LogP contribution is -2.27. The molecule has 140 valence electrons. The Morgan fingerprint density at radius 1 is 1.12 bits per heavy atom. The second kappa shape index (κ2) is 10.0. The van der Waals surface area contributed by atoms with Gasteiger partial charge in [0.05, 0.1) is 12.7 Å². The van der Waals surface area contributed by atoms with Crippen LogP contribution < -0.4 is 14.8 Å². The van der Waals surface area contributed by atoms with Gasteiger partial charge in [0, 0.05) is 17.3 Å². The van der Waals surface area contributed by atoms with Gasteiger partial charge in [-0.2, -0.15) is 0 Å². The highest BCUT2D eigenvalue weighted by atomic mass is 35.5. The molecule has 2 aromatic rings. The monoisotopic (exact) mass is 376 g/mol. The Bertz CT molecular complexity index is 715. The maximum Gasteiger partial charge on any atom is 0.259 e. The first kappa shape index (κ1) is 20.1. The molecule has 0 heterocycles. The van der Waals surface area contributed by atoms with Crippen LogP contribution in [0.4, 0.5) is 5.69 Å². The fourth-order valence-electron chi connectivity index (χ4n) is 2.52. The Labute approximate surface area is 159 Å². The molecule has 0 aromatic heterocycles. The molecule has 2 rings (SSSR count). The molecule has 2 aromatic carbocycles. The molecule has 0 atom stereocenters. The van der Waals surface area contributed by atoms with Crippen LogP contribution in [0.1, 0.15) is 24.2 Å². The summed E-state index contributed by atoms with van der Waals surface area (Å²) >= 11 is 5.98. The van der Waals surface area contributed by atoms with E-state index in [0.29, 0.717) is 28.6 Å². The molecule has 0 aliphatic rings. The number of nitrogens with zero attached hydrogens (tertiary/aromatic N) is 1. The van der Waals surface area contributed by atoms with E-state index in [-0.39, 0.29) is 5.91 Å². The van der Waals surface area contributed by atoms with Crippen molar-refractivity contribution in [2.75, 3.05) is 38.7 Å². The number of hydrogen-bond acceptors (Lipinski definition) is 4. The lowest BCUT2D eigenvalue weighted by molar-refractivity contribution is 0.102. The molecule has 0 aliphatic carbocycles. The van der Waals surface area contributed by atoms with Crippen molar-refractivity contribution in [3.63, 3.8) is 0 Å². The maximum atomic E-state index is 12.5. The van der Waals surface area contributed by atoms with Crippen LogP contribution >= 0.6 is 11.6 Å². The van der Waals surface area contributed by atoms with Gasteiger partial charge in [0.15, 0.2) is 0 Å². The normalized spacial score (nSPS) is 10.7. The molecule has 0 bridgehead atoms. The Kier molecular flexibility index (Phi) is 7.75. The number of ether oxygens (including phenoxy) is 2. The molecule has 6 heteroatoms. The van der Waals surface area contributed by atoms with Crippen molar-refractivity contribution in [1.82, 2.24) is 4.90 Å². The smallest absolute Gasteiger partial charge is 0.259 e. The van der Waals surface area contributed by atoms with E-state index in [4.69, 9.17) is 21.1 Å². The Morgan fingerprint density at radius 3 is 2.42 bits per heavy atom. The molecule has 1 N–H and O–H groups in total. The standard InChI is InChI=1S/C20H25ClN2O3/c1-4-23(5-2)12-13-26-17-9-7-16(8-10-17)22-20(24)18-14-15(21)6-11-19(18)25-3/h6-11,14H,4-5,12-13H2,1-3H3,(H,22,24). The lowest BCUT2D eigenvalue weighted by atomic mass is 10.2. The fraction of sp³-hybridized carbons (Fsp3) is 0.350.